The van der Waals surface area contributed by atoms with Crippen LogP contribution in [0.4, 0.5) is 0 Å². The van der Waals surface area contributed by atoms with E-state index in [1.807, 2.05) is 36.5 Å². The molecular weight excluding hydrogens is 425 g/mol. The molecule has 0 aliphatic carbocycles. The molecule has 3 rings (SSSR count). The third kappa shape index (κ3) is 3.64. The van der Waals surface area contributed by atoms with Crippen molar-refractivity contribution in [3.8, 4) is 11.5 Å². The molecule has 0 fully saturated rings. The SMILES string of the molecule is CCOC(=O)c1cccc(Oc2ccc3c(ccn3SI)c2)c1. The highest BCUT2D eigenvalue weighted by Gasteiger charge is 2.08. The molecule has 0 amide bonds. The molecule has 118 valence electrons. The highest BCUT2D eigenvalue weighted by Crippen LogP contribution is 2.30. The number of ether oxygens (including phenoxy) is 2. The van der Waals surface area contributed by atoms with Gasteiger partial charge in [0.2, 0.25) is 0 Å². The number of esters is 1. The van der Waals surface area contributed by atoms with Crippen molar-refractivity contribution in [3.05, 3.63) is 60.3 Å². The summed E-state index contributed by atoms with van der Waals surface area (Å²) in [5, 5.41) is 1.10. The standard InChI is InChI=1S/C17H14INO3S/c1-2-21-17(20)13-4-3-5-14(11-13)22-15-6-7-16-12(10-15)8-9-19(16)23-18/h3-11H,2H2,1H3. The Morgan fingerprint density at radius 3 is 2.78 bits per heavy atom. The summed E-state index contributed by atoms with van der Waals surface area (Å²) in [5.74, 6) is 0.997. The van der Waals surface area contributed by atoms with E-state index in [4.69, 9.17) is 9.47 Å². The van der Waals surface area contributed by atoms with Crippen LogP contribution in [0.25, 0.3) is 10.9 Å². The molecular formula is C17H14INO3S. The second-order valence-electron chi connectivity index (χ2n) is 4.78. The highest BCUT2D eigenvalue weighted by molar-refractivity contribution is 14.2. The third-order valence-electron chi connectivity index (χ3n) is 3.28. The molecule has 0 saturated heterocycles. The fourth-order valence-electron chi connectivity index (χ4n) is 2.26. The van der Waals surface area contributed by atoms with Crippen molar-refractivity contribution < 1.29 is 14.3 Å². The van der Waals surface area contributed by atoms with Crippen molar-refractivity contribution in [1.29, 1.82) is 0 Å². The number of aromatic nitrogens is 1. The number of carbonyl (C=O) groups excluding carboxylic acids is 1. The first kappa shape index (κ1) is 16.2. The van der Waals surface area contributed by atoms with Gasteiger partial charge in [-0.15, -0.1) is 0 Å². The van der Waals surface area contributed by atoms with E-state index < -0.39 is 0 Å². The van der Waals surface area contributed by atoms with Gasteiger partial charge < -0.3 is 9.47 Å². The quantitative estimate of drug-likeness (QED) is 0.391. The summed E-state index contributed by atoms with van der Waals surface area (Å²) in [7, 11) is 1.62. The lowest BCUT2D eigenvalue weighted by atomic mass is 10.2. The molecule has 0 spiro atoms. The van der Waals surface area contributed by atoms with Crippen molar-refractivity contribution in [3.63, 3.8) is 0 Å². The lowest BCUT2D eigenvalue weighted by molar-refractivity contribution is 0.0526. The van der Waals surface area contributed by atoms with E-state index in [-0.39, 0.29) is 5.97 Å². The number of hydrogen-bond donors (Lipinski definition) is 0. The molecule has 0 N–H and O–H groups in total. The number of rotatable bonds is 5. The number of fused-ring (bicyclic) bond motifs is 1. The number of nitrogens with zero attached hydrogens (tertiary/aromatic N) is 1. The predicted octanol–water partition coefficient (Wildman–Crippen LogP) is 5.46. The first-order chi connectivity index (χ1) is 11.2. The molecule has 0 radical (unpaired) electrons. The van der Waals surface area contributed by atoms with Gasteiger partial charge in [-0.25, -0.2) is 4.79 Å². The molecule has 1 heterocycles. The van der Waals surface area contributed by atoms with Gasteiger partial charge in [0, 0.05) is 41.9 Å². The van der Waals surface area contributed by atoms with Gasteiger partial charge in [0.25, 0.3) is 0 Å². The molecule has 3 aromatic rings. The van der Waals surface area contributed by atoms with E-state index in [0.29, 0.717) is 17.9 Å². The zero-order valence-corrected chi connectivity index (χ0v) is 15.3. The molecule has 0 aliphatic heterocycles. The van der Waals surface area contributed by atoms with Crippen LogP contribution in [-0.2, 0) is 4.74 Å². The summed E-state index contributed by atoms with van der Waals surface area (Å²) < 4.78 is 13.0. The molecule has 1 aromatic heterocycles. The molecule has 4 nitrogen and oxygen atoms in total. The van der Waals surface area contributed by atoms with E-state index in [1.54, 1.807) is 34.2 Å². The third-order valence-corrected chi connectivity index (χ3v) is 5.02. The monoisotopic (exact) mass is 439 g/mol. The molecule has 0 bridgehead atoms. The summed E-state index contributed by atoms with van der Waals surface area (Å²) in [4.78, 5) is 11.8. The normalized spacial score (nSPS) is 10.7. The first-order valence-electron chi connectivity index (χ1n) is 7.06. The van der Waals surface area contributed by atoms with E-state index in [0.717, 1.165) is 16.7 Å². The molecule has 0 unspecified atom stereocenters. The lowest BCUT2D eigenvalue weighted by Crippen LogP contribution is -2.04. The van der Waals surface area contributed by atoms with Gasteiger partial charge in [0.15, 0.2) is 0 Å². The van der Waals surface area contributed by atoms with Crippen molar-refractivity contribution >= 4 is 47.2 Å². The van der Waals surface area contributed by atoms with Gasteiger partial charge in [-0.05, 0) is 49.4 Å². The van der Waals surface area contributed by atoms with Gasteiger partial charge >= 0.3 is 5.97 Å². The Balaban J connectivity index is 1.84. The minimum Gasteiger partial charge on any atom is -0.462 e. The zero-order valence-electron chi connectivity index (χ0n) is 12.4. The van der Waals surface area contributed by atoms with Gasteiger partial charge in [-0.2, -0.15) is 0 Å². The second-order valence-corrected chi connectivity index (χ2v) is 6.49. The topological polar surface area (TPSA) is 40.5 Å². The molecule has 2 aromatic carbocycles. The van der Waals surface area contributed by atoms with Crippen LogP contribution in [0.5, 0.6) is 11.5 Å². The van der Waals surface area contributed by atoms with Crippen LogP contribution in [0.15, 0.2) is 54.7 Å². The van der Waals surface area contributed by atoms with Gasteiger partial charge in [0.05, 0.1) is 17.7 Å². The minimum atomic E-state index is -0.343. The van der Waals surface area contributed by atoms with Crippen LogP contribution in [-0.4, -0.2) is 16.5 Å². The van der Waals surface area contributed by atoms with Gasteiger partial charge in [0.1, 0.15) is 11.5 Å². The average molecular weight is 439 g/mol. The van der Waals surface area contributed by atoms with Crippen LogP contribution in [0, 0.1) is 0 Å². The van der Waals surface area contributed by atoms with Gasteiger partial charge in [-0.3, -0.25) is 3.97 Å². The summed E-state index contributed by atoms with van der Waals surface area (Å²) in [6.07, 6.45) is 2.02. The number of carbonyl (C=O) groups is 1. The minimum absolute atomic E-state index is 0.343. The Morgan fingerprint density at radius 2 is 2.00 bits per heavy atom. The Hall–Kier alpha value is -1.67. The second kappa shape index (κ2) is 7.27. The summed E-state index contributed by atoms with van der Waals surface area (Å²) in [6.45, 7) is 2.14. The Kier molecular flexibility index (Phi) is 5.12. The molecule has 0 saturated carbocycles. The van der Waals surface area contributed by atoms with Crippen molar-refractivity contribution in [2.24, 2.45) is 0 Å². The maximum atomic E-state index is 11.8. The number of benzene rings is 2. The largest absolute Gasteiger partial charge is 0.462 e. The van der Waals surface area contributed by atoms with Crippen LogP contribution in [0.2, 0.25) is 0 Å². The fourth-order valence-corrected chi connectivity index (χ4v) is 3.63. The number of hydrogen-bond acceptors (Lipinski definition) is 4. The summed E-state index contributed by atoms with van der Waals surface area (Å²) in [5.41, 5.74) is 1.62. The predicted molar refractivity (Wildman–Crippen MR) is 101 cm³/mol. The first-order valence-corrected chi connectivity index (χ1v) is 10.4. The fraction of sp³-hybridized carbons (Fsp3) is 0.118. The van der Waals surface area contributed by atoms with E-state index >= 15 is 0 Å². The summed E-state index contributed by atoms with van der Waals surface area (Å²) in [6, 6.07) is 15.0. The van der Waals surface area contributed by atoms with Crippen LogP contribution in [0.1, 0.15) is 17.3 Å². The van der Waals surface area contributed by atoms with Crippen LogP contribution < -0.4 is 4.74 Å². The maximum absolute atomic E-state index is 11.8. The molecule has 6 heteroatoms. The summed E-state index contributed by atoms with van der Waals surface area (Å²) >= 11 is 2.25. The van der Waals surface area contributed by atoms with Crippen molar-refractivity contribution in [2.45, 2.75) is 6.92 Å². The zero-order chi connectivity index (χ0) is 16.2. The molecule has 0 aliphatic rings. The highest BCUT2D eigenvalue weighted by atomic mass is 127. The number of halogens is 1. The van der Waals surface area contributed by atoms with E-state index in [9.17, 15) is 4.79 Å². The van der Waals surface area contributed by atoms with Crippen LogP contribution >= 0.6 is 30.3 Å². The molecule has 0 atom stereocenters. The van der Waals surface area contributed by atoms with Crippen molar-refractivity contribution in [2.75, 3.05) is 6.61 Å². The van der Waals surface area contributed by atoms with Crippen molar-refractivity contribution in [1.82, 2.24) is 3.97 Å². The Morgan fingerprint density at radius 1 is 1.17 bits per heavy atom. The van der Waals surface area contributed by atoms with E-state index in [2.05, 4.69) is 25.2 Å². The smallest absolute Gasteiger partial charge is 0.338 e. The Bertz CT molecular complexity index is 847. The van der Waals surface area contributed by atoms with E-state index in [1.165, 1.54) is 0 Å². The molecule has 23 heavy (non-hydrogen) atoms. The average Bonchev–Trinajstić information content (AvgIpc) is 2.97. The lowest BCUT2D eigenvalue weighted by Gasteiger charge is -2.08. The van der Waals surface area contributed by atoms with Crippen LogP contribution in [0.3, 0.4) is 0 Å². The van der Waals surface area contributed by atoms with Gasteiger partial charge in [-0.1, -0.05) is 6.07 Å². The maximum Gasteiger partial charge on any atom is 0.338 e. The Labute approximate surface area is 150 Å².